The van der Waals surface area contributed by atoms with Gasteiger partial charge in [-0.25, -0.2) is 39.1 Å². The number of unbranched alkanes of at least 4 members (excludes halogenated alkanes) is 3. The van der Waals surface area contributed by atoms with Crippen molar-refractivity contribution in [3.8, 4) is 0 Å². The van der Waals surface area contributed by atoms with Crippen LogP contribution in [0.3, 0.4) is 0 Å². The Labute approximate surface area is 867 Å². The van der Waals surface area contributed by atoms with Crippen LogP contribution >= 0.6 is 0 Å². The van der Waals surface area contributed by atoms with Gasteiger partial charge in [0.25, 0.3) is 11.8 Å². The minimum absolute atomic E-state index is 0.0658. The van der Waals surface area contributed by atoms with Crippen LogP contribution in [0.25, 0.3) is 43.6 Å². The van der Waals surface area contributed by atoms with E-state index in [-0.39, 0.29) is 64.5 Å². The normalized spacial score (nSPS) is 16.6. The lowest BCUT2D eigenvalue weighted by Gasteiger charge is -2.26. The summed E-state index contributed by atoms with van der Waals surface area (Å²) in [6.45, 7) is 18.8. The third kappa shape index (κ3) is 36.3. The highest BCUT2D eigenvalue weighted by atomic mass is 16.5. The lowest BCUT2D eigenvalue weighted by Crippen LogP contribution is -2.43. The number of aromatic carboxylic acids is 1. The molecule has 6 fully saturated rings. The largest absolute Gasteiger partial charge is 0.481 e. The van der Waals surface area contributed by atoms with Gasteiger partial charge >= 0.3 is 41.8 Å². The van der Waals surface area contributed by atoms with Gasteiger partial charge in [-0.15, -0.1) is 0 Å². The number of para-hydroxylation sites is 4. The second-order valence-corrected chi connectivity index (χ2v) is 38.6. The summed E-state index contributed by atoms with van der Waals surface area (Å²) in [5.41, 5.74) is 24.3. The predicted molar refractivity (Wildman–Crippen MR) is 562 cm³/mol. The molecule has 149 heavy (non-hydrogen) atoms. The molecule has 3 amide bonds. The second kappa shape index (κ2) is 60.0. The Balaban J connectivity index is 0.000000168. The van der Waals surface area contributed by atoms with Crippen LogP contribution < -0.4 is 38.5 Å². The molecule has 4 aromatic carbocycles. The smallest absolute Gasteiger partial charge is 0.375 e. The fourth-order valence-electron chi connectivity index (χ4n) is 17.9. The molecule has 40 nitrogen and oxygen atoms in total. The molecular formula is C109H149N19O21. The first-order valence-corrected chi connectivity index (χ1v) is 51.9. The van der Waals surface area contributed by atoms with Gasteiger partial charge in [0, 0.05) is 118 Å². The van der Waals surface area contributed by atoms with Crippen molar-refractivity contribution >= 4 is 103 Å². The van der Waals surface area contributed by atoms with Crippen LogP contribution in [0, 0.1) is 11.8 Å². The van der Waals surface area contributed by atoms with Gasteiger partial charge in [0.2, 0.25) is 28.9 Å². The SMILES string of the molecule is CCCCOC(=O)C(Cc1c[nH]c2ccccc12)NC(=O)c1cnc(C2CCNCC2)o1.CCCCOC(=O)C(Cc1cc2ccccc2[nH]1)NC(=O)c1cnc(C2CCN(C)CC2)o1.CCCCOC(=O)C(N)Cc1c[nH]c2ccccc12.CN1CCC(C(N)=O)CC1.CN1CCC(c2ncc(C(=O)O)o2)CC1.COC(=O)c1cnc(C2CCN(C)CC2)o1.NC(Cc1c[nH]c2ccccc12)C(=O)O.O=C(O)C1CCNCC1. The van der Waals surface area contributed by atoms with Crippen molar-refractivity contribution in [2.75, 3.05) is 134 Å². The molecule has 17 N–H and O–H groups in total. The number of amides is 3. The van der Waals surface area contributed by atoms with Gasteiger partial charge < -0.3 is 130 Å². The average Bonchev–Trinajstić information content (AvgIpc) is 1.68. The molecule has 6 aliphatic rings. The number of hydrogen-bond acceptors (Lipinski definition) is 30. The number of primary amides is 1. The lowest BCUT2D eigenvalue weighted by molar-refractivity contribution is -0.146. The minimum Gasteiger partial charge on any atom is -0.481 e. The third-order valence-electron chi connectivity index (χ3n) is 27.2. The van der Waals surface area contributed by atoms with Crippen molar-refractivity contribution in [2.45, 2.75) is 210 Å². The zero-order valence-corrected chi connectivity index (χ0v) is 86.8. The van der Waals surface area contributed by atoms with Crippen molar-refractivity contribution in [1.29, 1.82) is 0 Å². The summed E-state index contributed by atoms with van der Waals surface area (Å²) in [6.07, 6.45) is 29.2. The molecule has 0 spiro atoms. The number of aliphatic carboxylic acids is 2. The van der Waals surface area contributed by atoms with Gasteiger partial charge in [0.05, 0.1) is 57.6 Å². The number of benzene rings is 4. The summed E-state index contributed by atoms with van der Waals surface area (Å²) in [7, 11) is 9.68. The number of oxazole rings is 4. The number of carbonyl (C=O) groups is 10. The van der Waals surface area contributed by atoms with E-state index in [2.05, 4.69) is 121 Å². The van der Waals surface area contributed by atoms with Crippen molar-refractivity contribution in [2.24, 2.45) is 29.0 Å². The first-order valence-electron chi connectivity index (χ1n) is 51.9. The maximum absolute atomic E-state index is 12.9. The maximum Gasteiger partial charge on any atom is 0.375 e. The fraction of sp³-hybridized carbons (Fsp3) is 0.505. The van der Waals surface area contributed by atoms with E-state index in [0.29, 0.717) is 75.0 Å². The van der Waals surface area contributed by atoms with Gasteiger partial charge in [-0.05, 0) is 255 Å². The molecular weight excluding hydrogens is 1910 g/mol. The number of H-pyrrole nitrogens is 4. The Bertz CT molecular complexity index is 6130. The van der Waals surface area contributed by atoms with Crippen LogP contribution in [0.4, 0.5) is 0 Å². The van der Waals surface area contributed by atoms with Crippen LogP contribution in [0.2, 0.25) is 0 Å². The molecule has 4 atom stereocenters. The molecule has 0 saturated carbocycles. The molecule has 0 aliphatic carbocycles. The highest BCUT2D eigenvalue weighted by Gasteiger charge is 2.34. The van der Waals surface area contributed by atoms with Crippen LogP contribution in [0.5, 0.6) is 0 Å². The summed E-state index contributed by atoms with van der Waals surface area (Å²) in [5, 5.41) is 42.2. The number of carboxylic acid groups (broad SMARTS) is 3. The Morgan fingerprint density at radius 1 is 0.423 bits per heavy atom. The maximum atomic E-state index is 12.9. The van der Waals surface area contributed by atoms with E-state index in [0.717, 1.165) is 260 Å². The molecule has 0 radical (unpaired) electrons. The number of nitrogens with zero attached hydrogens (tertiary/aromatic N) is 8. The minimum atomic E-state index is -1.05. The Kier molecular flexibility index (Phi) is 46.6. The van der Waals surface area contributed by atoms with Crippen molar-refractivity contribution in [1.82, 2.24) is 80.7 Å². The van der Waals surface area contributed by atoms with Crippen molar-refractivity contribution in [3.05, 3.63) is 215 Å². The zero-order valence-electron chi connectivity index (χ0n) is 86.8. The lowest BCUT2D eigenvalue weighted by atomic mass is 9.97. The van der Waals surface area contributed by atoms with Gasteiger partial charge in [-0.2, -0.15) is 0 Å². The highest BCUT2D eigenvalue weighted by molar-refractivity contribution is 5.96. The Morgan fingerprint density at radius 2 is 0.772 bits per heavy atom. The van der Waals surface area contributed by atoms with Crippen LogP contribution in [-0.2, 0) is 73.4 Å². The van der Waals surface area contributed by atoms with Gasteiger partial charge in [0.15, 0.2) is 23.6 Å². The molecule has 8 aromatic heterocycles. The quantitative estimate of drug-likeness (QED) is 0.0103. The number of likely N-dealkylation sites (tertiary alicyclic amines) is 4. The summed E-state index contributed by atoms with van der Waals surface area (Å²) >= 11 is 0. The first-order chi connectivity index (χ1) is 72.0. The number of aromatic nitrogens is 8. The molecule has 14 heterocycles. The molecule has 6 saturated heterocycles. The number of rotatable bonds is 33. The first kappa shape index (κ1) is 116. The highest BCUT2D eigenvalue weighted by Crippen LogP contribution is 2.33. The molecule has 12 aromatic rings. The van der Waals surface area contributed by atoms with E-state index in [4.69, 9.17) is 64.4 Å². The van der Waals surface area contributed by atoms with E-state index in [1.54, 1.807) is 0 Å². The monoisotopic (exact) mass is 2060 g/mol. The molecule has 6 aliphatic heterocycles. The van der Waals surface area contributed by atoms with Crippen molar-refractivity contribution in [3.63, 3.8) is 0 Å². The predicted octanol–water partition coefficient (Wildman–Crippen LogP) is 12.8. The van der Waals surface area contributed by atoms with Crippen LogP contribution in [0.15, 0.2) is 164 Å². The number of carboxylic acids is 3. The second-order valence-electron chi connectivity index (χ2n) is 38.6. The molecule has 0 bridgehead atoms. The Hall–Kier alpha value is -13.7. The molecule has 4 unspecified atom stereocenters. The van der Waals surface area contributed by atoms with E-state index < -0.39 is 71.8 Å². The number of hydrogen-bond donors (Lipinski definition) is 14. The van der Waals surface area contributed by atoms with Crippen molar-refractivity contribution < 1.29 is 99.9 Å². The number of aromatic amines is 4. The van der Waals surface area contributed by atoms with Gasteiger partial charge in [-0.3, -0.25) is 28.8 Å². The fourth-order valence-corrected chi connectivity index (χ4v) is 17.9. The third-order valence-corrected chi connectivity index (χ3v) is 27.2. The van der Waals surface area contributed by atoms with E-state index in [1.165, 1.54) is 31.9 Å². The molecule has 806 valence electrons. The number of ether oxygens (including phenoxy) is 4. The van der Waals surface area contributed by atoms with E-state index in [9.17, 15) is 47.9 Å². The Morgan fingerprint density at radius 3 is 1.15 bits per heavy atom. The van der Waals surface area contributed by atoms with E-state index in [1.807, 2.05) is 136 Å². The van der Waals surface area contributed by atoms with Crippen LogP contribution in [0.1, 0.15) is 248 Å². The molecule has 40 heteroatoms. The average molecular weight is 2060 g/mol. The topological polar surface area (TPSA) is 575 Å². The number of carbonyl (C=O) groups excluding carboxylic acids is 7. The standard InChI is InChI=1S/C25H32N4O4.C24H30N4O4.C15H20N2O2.C11H16N2O3.C11H12N2O2.C10H14N2O3.C7H14N2O.C6H11NO2/c1-3-4-13-32-25(31)21(15-19-14-18-7-5-6-8-20(18)27-19)28-23(30)22-16-26-24(33-22)17-9-11-29(2)12-10-17;1-2-3-12-31-24(30)20(13-17-14-26-19-7-5-4-6-18(17)19)28-22(29)21-15-27-23(32-21)16-8-10-25-11-9-16;1-2-3-8-19-15(18)13(16)9-11-10-17-14-7-5-4-6-12(11)14;1-13-5-3-8(4-6-13)10-12-7-9(16-10)11(14)15-2;12-9(11(14)15)5-7-6-13-10-4-2-1-3-8(7)10;1-12-4-2-7(3-5-12)9-11-6-8(15-9)10(13)14;1-9-4-2-6(3-5-9)7(8)10;8-6(9)5-1-3-7-4-2-5/h5-8,14,16-17,21,27H,3-4,9-13,15H2,1-2H3,(H,28,30);4-7,14-16,20,25-26H,2-3,8-13H2,1H3,(H,28,29);4-7,10,13,17H,2-3,8-9,16H2,1H3;7-8H,3-6H2,1-2H3;1-4,6,9,13H,5,12H2,(H,14,15);6-7H,2-5H2,1H3,(H,13,14);6H,2-5H2,1H3,(H2,8,10);5,7H,1-4H2,(H,8,9). The van der Waals surface area contributed by atoms with E-state index >= 15 is 0 Å². The number of piperidine rings is 6. The van der Waals surface area contributed by atoms with Gasteiger partial charge in [-0.1, -0.05) is 113 Å². The summed E-state index contributed by atoms with van der Waals surface area (Å²) in [5.74, 6) is -1.59. The number of methoxy groups -OCH3 is 1. The number of nitrogens with two attached hydrogens (primary N) is 3. The number of esters is 4. The summed E-state index contributed by atoms with van der Waals surface area (Å²) in [6, 6.07) is 30.4. The summed E-state index contributed by atoms with van der Waals surface area (Å²) < 4.78 is 42.7. The number of nitrogens with one attached hydrogen (secondary N) is 8. The van der Waals surface area contributed by atoms with Crippen LogP contribution in [-0.4, -0.2) is 292 Å². The summed E-state index contributed by atoms with van der Waals surface area (Å²) in [4.78, 5) is 155. The number of fused-ring (bicyclic) bond motifs is 4. The van der Waals surface area contributed by atoms with Gasteiger partial charge in [0.1, 0.15) is 24.2 Å². The zero-order chi connectivity index (χ0) is 107. The molecule has 18 rings (SSSR count).